The first-order valence-electron chi connectivity index (χ1n) is 8.36. The second-order valence-corrected chi connectivity index (χ2v) is 6.18. The second kappa shape index (κ2) is 7.95. The minimum absolute atomic E-state index is 0.0203. The van der Waals surface area contributed by atoms with E-state index in [9.17, 15) is 18.4 Å². The van der Waals surface area contributed by atoms with E-state index < -0.39 is 17.5 Å². The highest BCUT2D eigenvalue weighted by molar-refractivity contribution is 6.03. The molecule has 0 unspecified atom stereocenters. The summed E-state index contributed by atoms with van der Waals surface area (Å²) in [5.41, 5.74) is 2.08. The van der Waals surface area contributed by atoms with Gasteiger partial charge in [0, 0.05) is 17.4 Å². The van der Waals surface area contributed by atoms with Gasteiger partial charge in [0.2, 0.25) is 5.91 Å². The third kappa shape index (κ3) is 4.37. The van der Waals surface area contributed by atoms with Gasteiger partial charge in [-0.2, -0.15) is 0 Å². The molecule has 2 N–H and O–H groups in total. The van der Waals surface area contributed by atoms with Crippen LogP contribution < -0.4 is 10.6 Å². The molecule has 7 nitrogen and oxygen atoms in total. The molecule has 0 fully saturated rings. The number of aryl methyl sites for hydroxylation is 1. The number of carbonyl (C=O) groups excluding carboxylic acids is 2. The van der Waals surface area contributed by atoms with Gasteiger partial charge >= 0.3 is 0 Å². The number of amides is 2. The van der Waals surface area contributed by atoms with Crippen LogP contribution in [0.15, 0.2) is 42.5 Å². The highest BCUT2D eigenvalue weighted by Crippen LogP contribution is 2.15. The molecule has 1 aromatic heterocycles. The lowest BCUT2D eigenvalue weighted by atomic mass is 10.2. The van der Waals surface area contributed by atoms with Gasteiger partial charge in [-0.15, -0.1) is 5.10 Å². The first-order valence-corrected chi connectivity index (χ1v) is 8.36. The molecule has 3 aromatic rings. The summed E-state index contributed by atoms with van der Waals surface area (Å²) in [4.78, 5) is 24.5. The predicted molar refractivity (Wildman–Crippen MR) is 98.9 cm³/mol. The number of hydrogen-bond donors (Lipinski definition) is 2. The highest BCUT2D eigenvalue weighted by atomic mass is 19.2. The Morgan fingerprint density at radius 1 is 1.00 bits per heavy atom. The molecule has 0 aliphatic rings. The van der Waals surface area contributed by atoms with Gasteiger partial charge in [-0.05, 0) is 43.7 Å². The number of nitrogens with one attached hydrogen (secondary N) is 2. The molecule has 0 aliphatic heterocycles. The lowest BCUT2D eigenvalue weighted by Gasteiger charge is -2.07. The maximum Gasteiger partial charge on any atom is 0.278 e. The van der Waals surface area contributed by atoms with Gasteiger partial charge in [-0.25, -0.2) is 13.5 Å². The molecule has 0 spiro atoms. The monoisotopic (exact) mass is 385 g/mol. The molecule has 28 heavy (non-hydrogen) atoms. The van der Waals surface area contributed by atoms with Crippen LogP contribution in [0.5, 0.6) is 0 Å². The molecule has 0 bridgehead atoms. The number of nitrogens with zero attached hydrogens (tertiary/aromatic N) is 3. The van der Waals surface area contributed by atoms with E-state index >= 15 is 0 Å². The van der Waals surface area contributed by atoms with Gasteiger partial charge in [0.15, 0.2) is 17.3 Å². The van der Waals surface area contributed by atoms with Crippen molar-refractivity contribution in [2.75, 3.05) is 10.6 Å². The lowest BCUT2D eigenvalue weighted by molar-refractivity contribution is -0.117. The Morgan fingerprint density at radius 2 is 1.75 bits per heavy atom. The summed E-state index contributed by atoms with van der Waals surface area (Å²) in [6.45, 7) is 3.36. The number of benzene rings is 2. The third-order valence-corrected chi connectivity index (χ3v) is 3.97. The summed E-state index contributed by atoms with van der Waals surface area (Å²) in [6.07, 6.45) is 0. The number of anilines is 2. The number of hydrogen-bond acceptors (Lipinski definition) is 4. The van der Waals surface area contributed by atoms with Gasteiger partial charge in [-0.3, -0.25) is 9.59 Å². The Labute approximate surface area is 159 Å². The van der Waals surface area contributed by atoms with Crippen molar-refractivity contribution in [1.82, 2.24) is 15.0 Å². The van der Waals surface area contributed by atoms with Crippen molar-refractivity contribution in [3.05, 3.63) is 71.1 Å². The van der Waals surface area contributed by atoms with Gasteiger partial charge < -0.3 is 10.6 Å². The molecule has 0 saturated heterocycles. The first-order chi connectivity index (χ1) is 13.3. The molecule has 0 saturated carbocycles. The Bertz CT molecular complexity index is 1050. The molecule has 144 valence electrons. The Kier molecular flexibility index (Phi) is 5.44. The van der Waals surface area contributed by atoms with Crippen molar-refractivity contribution in [2.24, 2.45) is 0 Å². The summed E-state index contributed by atoms with van der Waals surface area (Å²) in [6, 6.07) is 10.3. The van der Waals surface area contributed by atoms with Crippen molar-refractivity contribution < 1.29 is 18.4 Å². The Morgan fingerprint density at radius 3 is 2.46 bits per heavy atom. The largest absolute Gasteiger partial charge is 0.324 e. The minimum atomic E-state index is -1.08. The molecule has 1 heterocycles. The van der Waals surface area contributed by atoms with Crippen LogP contribution in [-0.4, -0.2) is 26.8 Å². The summed E-state index contributed by atoms with van der Waals surface area (Å²) in [7, 11) is 0. The van der Waals surface area contributed by atoms with E-state index in [-0.39, 0.29) is 23.8 Å². The van der Waals surface area contributed by atoms with Gasteiger partial charge in [0.05, 0.1) is 5.69 Å². The average molecular weight is 385 g/mol. The molecule has 3 rings (SSSR count). The molecule has 2 amide bonds. The van der Waals surface area contributed by atoms with Gasteiger partial charge in [0.25, 0.3) is 5.91 Å². The maximum atomic E-state index is 13.3. The fraction of sp³-hybridized carbons (Fsp3) is 0.158. The Hall–Kier alpha value is -3.62. The van der Waals surface area contributed by atoms with Crippen molar-refractivity contribution >= 4 is 23.2 Å². The van der Waals surface area contributed by atoms with Gasteiger partial charge in [-0.1, -0.05) is 17.3 Å². The third-order valence-electron chi connectivity index (χ3n) is 3.97. The number of rotatable bonds is 5. The molecule has 0 atom stereocenters. The van der Waals surface area contributed by atoms with Crippen LogP contribution in [0, 0.1) is 25.5 Å². The maximum absolute atomic E-state index is 13.3. The van der Waals surface area contributed by atoms with Crippen LogP contribution in [0.25, 0.3) is 0 Å². The zero-order valence-corrected chi connectivity index (χ0v) is 15.2. The number of carbonyl (C=O) groups is 2. The number of aromatic nitrogens is 3. The van der Waals surface area contributed by atoms with Crippen LogP contribution >= 0.6 is 0 Å². The van der Waals surface area contributed by atoms with E-state index in [1.54, 1.807) is 13.0 Å². The fourth-order valence-corrected chi connectivity index (χ4v) is 2.54. The van der Waals surface area contributed by atoms with Crippen LogP contribution in [0.2, 0.25) is 0 Å². The standard InChI is InChI=1S/C19H17F2N5O2/c1-11-4-3-5-13(8-11)22-17(27)10-26-12(2)18(24-25-26)19(28)23-14-6-7-15(20)16(21)9-14/h3-9H,10H2,1-2H3,(H,22,27)(H,23,28). The lowest BCUT2D eigenvalue weighted by Crippen LogP contribution is -2.21. The van der Waals surface area contributed by atoms with Crippen LogP contribution in [0.1, 0.15) is 21.7 Å². The van der Waals surface area contributed by atoms with Crippen LogP contribution in [0.3, 0.4) is 0 Å². The number of halogens is 2. The van der Waals surface area contributed by atoms with E-state index in [4.69, 9.17) is 0 Å². The van der Waals surface area contributed by atoms with E-state index in [1.807, 2.05) is 25.1 Å². The van der Waals surface area contributed by atoms with E-state index in [1.165, 1.54) is 10.7 Å². The quantitative estimate of drug-likeness (QED) is 0.706. The average Bonchev–Trinajstić information content (AvgIpc) is 2.99. The highest BCUT2D eigenvalue weighted by Gasteiger charge is 2.18. The van der Waals surface area contributed by atoms with Crippen molar-refractivity contribution in [2.45, 2.75) is 20.4 Å². The van der Waals surface area contributed by atoms with Gasteiger partial charge in [0.1, 0.15) is 6.54 Å². The SMILES string of the molecule is Cc1cccc(NC(=O)Cn2nnc(C(=O)Nc3ccc(F)c(F)c3)c2C)c1. The zero-order chi connectivity index (χ0) is 20.3. The molecule has 9 heteroatoms. The fourth-order valence-electron chi connectivity index (χ4n) is 2.54. The molecular formula is C19H17F2N5O2. The summed E-state index contributed by atoms with van der Waals surface area (Å²) >= 11 is 0. The molecule has 2 aromatic carbocycles. The van der Waals surface area contributed by atoms with Crippen molar-refractivity contribution in [3.63, 3.8) is 0 Å². The summed E-state index contributed by atoms with van der Waals surface area (Å²) in [5, 5.41) is 12.8. The van der Waals surface area contributed by atoms with Crippen LogP contribution in [-0.2, 0) is 11.3 Å². The molecule has 0 aliphatic carbocycles. The second-order valence-electron chi connectivity index (χ2n) is 6.18. The smallest absolute Gasteiger partial charge is 0.278 e. The molecular weight excluding hydrogens is 368 g/mol. The topological polar surface area (TPSA) is 88.9 Å². The first kappa shape index (κ1) is 19.2. The summed E-state index contributed by atoms with van der Waals surface area (Å²) < 4.78 is 27.5. The van der Waals surface area contributed by atoms with Crippen molar-refractivity contribution in [1.29, 1.82) is 0 Å². The van der Waals surface area contributed by atoms with E-state index in [0.29, 0.717) is 11.4 Å². The molecule has 0 radical (unpaired) electrons. The zero-order valence-electron chi connectivity index (χ0n) is 15.2. The van der Waals surface area contributed by atoms with E-state index in [2.05, 4.69) is 20.9 Å². The normalized spacial score (nSPS) is 10.6. The van der Waals surface area contributed by atoms with Crippen LogP contribution in [0.4, 0.5) is 20.2 Å². The summed E-state index contributed by atoms with van der Waals surface area (Å²) in [5.74, 6) is -3.06. The van der Waals surface area contributed by atoms with E-state index in [0.717, 1.165) is 17.7 Å². The van der Waals surface area contributed by atoms with Crippen molar-refractivity contribution in [3.8, 4) is 0 Å². The minimum Gasteiger partial charge on any atom is -0.324 e. The Balaban J connectivity index is 1.68. The predicted octanol–water partition coefficient (Wildman–Crippen LogP) is 3.06.